The number of ether oxygens (including phenoxy) is 2. The largest absolute Gasteiger partial charge is 0.497 e. The molecule has 1 amide bonds. The average Bonchev–Trinajstić information content (AvgIpc) is 3.66. The van der Waals surface area contributed by atoms with Crippen molar-refractivity contribution in [3.05, 3.63) is 58.6 Å². The molecule has 2 N–H and O–H groups in total. The quantitative estimate of drug-likeness (QED) is 0.373. The number of carbonyl (C=O) groups is 1. The molecule has 0 aromatic heterocycles. The van der Waals surface area contributed by atoms with Gasteiger partial charge < -0.3 is 19.3 Å². The van der Waals surface area contributed by atoms with E-state index in [1.807, 2.05) is 37.3 Å². The van der Waals surface area contributed by atoms with E-state index in [0.29, 0.717) is 35.1 Å². The van der Waals surface area contributed by atoms with Crippen LogP contribution in [0.5, 0.6) is 11.5 Å². The van der Waals surface area contributed by atoms with Crippen molar-refractivity contribution in [1.82, 2.24) is 20.4 Å². The Labute approximate surface area is 250 Å². The number of nitrogens with one attached hydrogen (secondary N) is 2. The summed E-state index contributed by atoms with van der Waals surface area (Å²) in [4.78, 5) is 19.5. The lowest BCUT2D eigenvalue weighted by Crippen LogP contribution is -2.61. The summed E-state index contributed by atoms with van der Waals surface area (Å²) >= 11 is 6.28. The standard InChI is InChI=1S/C33H47ClN4O3/c1-5-41-30-22-27(40-4)13-14-28(30)33(32(39)38-20-16-26(17-21-38)37-18-6-7-19-37)35-29(15-8-23(2)3)31(36-33)24-9-11-25(34)12-10-24/h9-14,22-23,26,29,31,35-36H,5-8,15-21H2,1-4H3. The minimum absolute atomic E-state index is 0.0428. The highest BCUT2D eigenvalue weighted by Crippen LogP contribution is 2.42. The summed E-state index contributed by atoms with van der Waals surface area (Å²) in [7, 11) is 1.65. The van der Waals surface area contributed by atoms with E-state index in [-0.39, 0.29) is 18.0 Å². The lowest BCUT2D eigenvalue weighted by molar-refractivity contribution is -0.141. The second-order valence-corrected chi connectivity index (χ2v) is 12.6. The molecular formula is C33H47ClN4O3. The van der Waals surface area contributed by atoms with Crippen LogP contribution < -0.4 is 20.1 Å². The van der Waals surface area contributed by atoms with E-state index in [1.165, 1.54) is 25.9 Å². The molecule has 224 valence electrons. The minimum atomic E-state index is -1.14. The first-order chi connectivity index (χ1) is 19.8. The molecule has 3 atom stereocenters. The number of hydrogen-bond acceptors (Lipinski definition) is 6. The van der Waals surface area contributed by atoms with Gasteiger partial charge in [0.15, 0.2) is 5.66 Å². The molecule has 2 aromatic rings. The highest BCUT2D eigenvalue weighted by Gasteiger charge is 2.54. The molecule has 41 heavy (non-hydrogen) atoms. The molecule has 3 aliphatic heterocycles. The van der Waals surface area contributed by atoms with Gasteiger partial charge in [0, 0.05) is 47.9 Å². The van der Waals surface area contributed by atoms with Crippen LogP contribution in [0.4, 0.5) is 0 Å². The van der Waals surface area contributed by atoms with Crippen LogP contribution in [0.3, 0.4) is 0 Å². The highest BCUT2D eigenvalue weighted by atomic mass is 35.5. The first kappa shape index (κ1) is 30.1. The molecule has 8 heteroatoms. The third-order valence-corrected chi connectivity index (χ3v) is 9.33. The summed E-state index contributed by atoms with van der Waals surface area (Å²) < 4.78 is 11.7. The molecule has 7 nitrogen and oxygen atoms in total. The van der Waals surface area contributed by atoms with Crippen molar-refractivity contribution in [2.24, 2.45) is 5.92 Å². The van der Waals surface area contributed by atoms with Gasteiger partial charge in [0.05, 0.1) is 13.7 Å². The maximum Gasteiger partial charge on any atom is 0.262 e. The van der Waals surface area contributed by atoms with Crippen LogP contribution in [0.2, 0.25) is 5.02 Å². The second kappa shape index (κ2) is 13.3. The van der Waals surface area contributed by atoms with Gasteiger partial charge in [-0.2, -0.15) is 0 Å². The van der Waals surface area contributed by atoms with E-state index in [1.54, 1.807) is 7.11 Å². The number of benzene rings is 2. The zero-order valence-corrected chi connectivity index (χ0v) is 25.9. The van der Waals surface area contributed by atoms with E-state index in [4.69, 9.17) is 21.1 Å². The maximum absolute atomic E-state index is 14.9. The number of likely N-dealkylation sites (tertiary alicyclic amines) is 2. The van der Waals surface area contributed by atoms with Crippen molar-refractivity contribution in [2.75, 3.05) is 39.9 Å². The Morgan fingerprint density at radius 2 is 1.76 bits per heavy atom. The van der Waals surface area contributed by atoms with Gasteiger partial charge in [0.25, 0.3) is 5.91 Å². The van der Waals surface area contributed by atoms with E-state index in [0.717, 1.165) is 49.9 Å². The predicted octanol–water partition coefficient (Wildman–Crippen LogP) is 5.73. The number of halogens is 1. The number of amides is 1. The van der Waals surface area contributed by atoms with Crippen LogP contribution in [0, 0.1) is 5.92 Å². The summed E-state index contributed by atoms with van der Waals surface area (Å²) in [6.45, 7) is 10.9. The van der Waals surface area contributed by atoms with Gasteiger partial charge in [-0.1, -0.05) is 37.6 Å². The van der Waals surface area contributed by atoms with Crippen LogP contribution in [0.1, 0.15) is 76.5 Å². The maximum atomic E-state index is 14.9. The fourth-order valence-electron chi connectivity index (χ4n) is 6.86. The molecule has 3 heterocycles. The fourth-order valence-corrected chi connectivity index (χ4v) is 6.99. The van der Waals surface area contributed by atoms with Crippen LogP contribution in [0.25, 0.3) is 0 Å². The van der Waals surface area contributed by atoms with Crippen molar-refractivity contribution < 1.29 is 14.3 Å². The van der Waals surface area contributed by atoms with E-state index in [9.17, 15) is 4.79 Å². The molecule has 2 aromatic carbocycles. The zero-order chi connectivity index (χ0) is 29.0. The number of methoxy groups -OCH3 is 1. The van der Waals surface area contributed by atoms with Crippen LogP contribution in [-0.2, 0) is 10.5 Å². The third-order valence-electron chi connectivity index (χ3n) is 9.08. The molecule has 0 bridgehead atoms. The summed E-state index contributed by atoms with van der Waals surface area (Å²) in [5.74, 6) is 1.98. The average molecular weight is 583 g/mol. The van der Waals surface area contributed by atoms with Gasteiger partial charge in [0.2, 0.25) is 0 Å². The Morgan fingerprint density at radius 1 is 1.05 bits per heavy atom. The van der Waals surface area contributed by atoms with Gasteiger partial charge in [-0.25, -0.2) is 0 Å². The van der Waals surface area contributed by atoms with Gasteiger partial charge in [-0.05, 0) is 94.3 Å². The van der Waals surface area contributed by atoms with Crippen molar-refractivity contribution in [2.45, 2.75) is 83.1 Å². The first-order valence-corrected chi connectivity index (χ1v) is 15.9. The number of hydrogen-bond donors (Lipinski definition) is 2. The zero-order valence-electron chi connectivity index (χ0n) is 25.1. The third kappa shape index (κ3) is 6.53. The monoisotopic (exact) mass is 582 g/mol. The van der Waals surface area contributed by atoms with Crippen LogP contribution >= 0.6 is 11.6 Å². The van der Waals surface area contributed by atoms with E-state index < -0.39 is 5.66 Å². The molecule has 3 fully saturated rings. The lowest BCUT2D eigenvalue weighted by Gasteiger charge is -2.41. The Kier molecular flexibility index (Phi) is 9.80. The number of carbonyl (C=O) groups excluding carboxylic acids is 1. The molecule has 0 spiro atoms. The Balaban J connectivity index is 1.52. The molecule has 3 aliphatic rings. The van der Waals surface area contributed by atoms with Crippen molar-refractivity contribution in [3.8, 4) is 11.5 Å². The Morgan fingerprint density at radius 3 is 2.39 bits per heavy atom. The molecule has 3 saturated heterocycles. The van der Waals surface area contributed by atoms with Gasteiger partial charge >= 0.3 is 0 Å². The van der Waals surface area contributed by atoms with E-state index in [2.05, 4.69) is 46.4 Å². The number of piperidine rings is 1. The lowest BCUT2D eigenvalue weighted by atomic mass is 9.94. The highest BCUT2D eigenvalue weighted by molar-refractivity contribution is 6.30. The van der Waals surface area contributed by atoms with E-state index >= 15 is 0 Å². The molecule has 3 unspecified atom stereocenters. The van der Waals surface area contributed by atoms with Crippen molar-refractivity contribution in [3.63, 3.8) is 0 Å². The first-order valence-electron chi connectivity index (χ1n) is 15.5. The number of nitrogens with zero attached hydrogens (tertiary/aromatic N) is 2. The number of rotatable bonds is 10. The van der Waals surface area contributed by atoms with Crippen LogP contribution in [-0.4, -0.2) is 67.7 Å². The van der Waals surface area contributed by atoms with Gasteiger partial charge in [-0.3, -0.25) is 15.4 Å². The molecule has 5 rings (SSSR count). The van der Waals surface area contributed by atoms with Crippen molar-refractivity contribution in [1.29, 1.82) is 0 Å². The van der Waals surface area contributed by atoms with Gasteiger partial charge in [-0.15, -0.1) is 0 Å². The normalized spacial score (nSPS) is 25.7. The summed E-state index contributed by atoms with van der Waals surface area (Å²) in [5.41, 5.74) is 0.783. The summed E-state index contributed by atoms with van der Waals surface area (Å²) in [6.07, 6.45) is 6.59. The molecule has 0 saturated carbocycles. The molecular weight excluding hydrogens is 536 g/mol. The predicted molar refractivity (Wildman–Crippen MR) is 165 cm³/mol. The van der Waals surface area contributed by atoms with Gasteiger partial charge in [0.1, 0.15) is 11.5 Å². The topological polar surface area (TPSA) is 66.1 Å². The smallest absolute Gasteiger partial charge is 0.262 e. The Bertz CT molecular complexity index is 1160. The minimum Gasteiger partial charge on any atom is -0.497 e. The molecule has 0 aliphatic carbocycles. The SMILES string of the molecule is CCOc1cc(OC)ccc1C1(C(=O)N2CCC(N3CCCC3)CC2)NC(CCC(C)C)C(c2ccc(Cl)cc2)N1. The second-order valence-electron chi connectivity index (χ2n) is 12.2. The fraction of sp³-hybridized carbons (Fsp3) is 0.606. The Hall–Kier alpha value is -2.32. The summed E-state index contributed by atoms with van der Waals surface area (Å²) in [5, 5.41) is 8.43. The molecule has 0 radical (unpaired) electrons. The summed E-state index contributed by atoms with van der Waals surface area (Å²) in [6, 6.07) is 14.4. The van der Waals surface area contributed by atoms with Crippen LogP contribution in [0.15, 0.2) is 42.5 Å². The van der Waals surface area contributed by atoms with Crippen molar-refractivity contribution >= 4 is 17.5 Å².